The lowest BCUT2D eigenvalue weighted by Gasteiger charge is -2.59. The minimum atomic E-state index is -2.12. The summed E-state index contributed by atoms with van der Waals surface area (Å²) in [5.41, 5.74) is -4.82. The lowest BCUT2D eigenvalue weighted by molar-refractivity contribution is -0.277. The fraction of sp³-hybridized carbons (Fsp3) is 0.476. The lowest BCUT2D eigenvalue weighted by Crippen LogP contribution is -2.80. The van der Waals surface area contributed by atoms with Crippen LogP contribution >= 0.6 is 51.5 Å². The molecule has 11 nitrogen and oxygen atoms in total. The number of thiazole rings is 1. The van der Waals surface area contributed by atoms with Crippen LogP contribution in [0.5, 0.6) is 0 Å². The predicted octanol–water partition coefficient (Wildman–Crippen LogP) is 2.26. The number of aliphatic hydroxyl groups is 2. The van der Waals surface area contributed by atoms with Crippen molar-refractivity contribution in [2.45, 2.75) is 41.0 Å². The van der Waals surface area contributed by atoms with Gasteiger partial charge in [-0.05, 0) is 35.8 Å². The van der Waals surface area contributed by atoms with E-state index < -0.39 is 39.8 Å². The zero-order valence-electron chi connectivity index (χ0n) is 19.1. The number of thiol groups is 1. The van der Waals surface area contributed by atoms with Gasteiger partial charge in [-0.1, -0.05) is 22.9 Å². The number of esters is 1. The van der Waals surface area contributed by atoms with Gasteiger partial charge in [0, 0.05) is 29.9 Å². The molecule has 1 unspecified atom stereocenters. The molecule has 0 radical (unpaired) electrons. The molecule has 2 N–H and O–H groups in total. The molecule has 0 aliphatic carbocycles. The highest BCUT2D eigenvalue weighted by atomic mass is 79.9. The molecule has 194 valence electrons. The van der Waals surface area contributed by atoms with Gasteiger partial charge in [-0.15, -0.1) is 29.1 Å². The third-order valence-electron chi connectivity index (χ3n) is 5.84. The second-order valence-corrected chi connectivity index (χ2v) is 10.8. The first-order valence-electron chi connectivity index (χ1n) is 10.8. The Morgan fingerprint density at radius 2 is 2.19 bits per heavy atom. The van der Waals surface area contributed by atoms with Crippen molar-refractivity contribution in [3.63, 3.8) is 0 Å². The SMILES string of the molecule is CCOC(=O)[C@]1(OCC)[C@@H](S)O[C@](Br)(CO)[C@H](O)C1(c1cccnc1)n1cc(-c2nc(Cl)cs2)nn1. The first-order chi connectivity index (χ1) is 17.2. The van der Waals surface area contributed by atoms with Gasteiger partial charge in [0.1, 0.15) is 27.4 Å². The average molecular weight is 621 g/mol. The molecule has 1 saturated heterocycles. The van der Waals surface area contributed by atoms with Crippen LogP contribution in [0.25, 0.3) is 10.7 Å². The Labute approximate surface area is 229 Å². The Hall–Kier alpha value is -1.65. The number of ether oxygens (including phenoxy) is 3. The number of alkyl halides is 1. The summed E-state index contributed by atoms with van der Waals surface area (Å²) in [7, 11) is 0. The number of carbonyl (C=O) groups excluding carboxylic acids is 1. The number of hydrogen-bond donors (Lipinski definition) is 3. The summed E-state index contributed by atoms with van der Waals surface area (Å²) >= 11 is 15.2. The second kappa shape index (κ2) is 10.6. The van der Waals surface area contributed by atoms with E-state index in [0.717, 1.165) is 0 Å². The molecular formula is C21H23BrClN5O6S2. The molecule has 1 aliphatic heterocycles. The highest BCUT2D eigenvalue weighted by molar-refractivity contribution is 9.10. The van der Waals surface area contributed by atoms with Crippen LogP contribution in [-0.2, 0) is 24.5 Å². The van der Waals surface area contributed by atoms with E-state index in [-0.39, 0.29) is 18.4 Å². The largest absolute Gasteiger partial charge is 0.464 e. The van der Waals surface area contributed by atoms with Crippen molar-refractivity contribution in [1.82, 2.24) is 25.0 Å². The van der Waals surface area contributed by atoms with Gasteiger partial charge in [0.15, 0.2) is 10.0 Å². The van der Waals surface area contributed by atoms with Gasteiger partial charge in [-0.3, -0.25) is 4.98 Å². The summed E-state index contributed by atoms with van der Waals surface area (Å²) in [6.45, 7) is 2.63. The first kappa shape index (κ1) is 27.4. The van der Waals surface area contributed by atoms with Gasteiger partial charge < -0.3 is 24.4 Å². The maximum absolute atomic E-state index is 13.8. The molecule has 0 spiro atoms. The summed E-state index contributed by atoms with van der Waals surface area (Å²) in [6, 6.07) is 3.27. The summed E-state index contributed by atoms with van der Waals surface area (Å²) in [5, 5.41) is 33.2. The molecule has 4 heterocycles. The van der Waals surface area contributed by atoms with E-state index in [1.54, 1.807) is 31.4 Å². The number of hydrogen-bond acceptors (Lipinski definition) is 12. The zero-order valence-corrected chi connectivity index (χ0v) is 23.2. The van der Waals surface area contributed by atoms with Crippen LogP contribution < -0.4 is 0 Å². The third-order valence-corrected chi connectivity index (χ3v) is 8.37. The minimum absolute atomic E-state index is 0.00597. The number of carbonyl (C=O) groups is 1. The molecule has 1 fully saturated rings. The van der Waals surface area contributed by atoms with Crippen molar-refractivity contribution in [3.8, 4) is 10.7 Å². The lowest BCUT2D eigenvalue weighted by atomic mass is 9.67. The van der Waals surface area contributed by atoms with Crippen LogP contribution in [0.2, 0.25) is 5.15 Å². The fourth-order valence-corrected chi connectivity index (χ4v) is 6.54. The highest BCUT2D eigenvalue weighted by Crippen LogP contribution is 2.56. The molecule has 3 aromatic rings. The Kier molecular flexibility index (Phi) is 8.07. The van der Waals surface area contributed by atoms with E-state index in [0.29, 0.717) is 16.3 Å². The molecule has 36 heavy (non-hydrogen) atoms. The monoisotopic (exact) mass is 619 g/mol. The summed E-state index contributed by atoms with van der Waals surface area (Å²) in [6.07, 6.45) is 2.77. The van der Waals surface area contributed by atoms with E-state index in [1.807, 2.05) is 0 Å². The number of aliphatic hydroxyl groups excluding tert-OH is 2. The normalized spacial score (nSPS) is 30.3. The number of aromatic nitrogens is 5. The standard InChI is InChI=1S/C21H23BrClN5O6S2/c1-3-32-17(31)21(33-4-2)18(35)34-19(22,11-29)16(30)20(21,12-6-5-7-24-8-12)28-9-13(26-27-28)15-25-14(23)10-36-15/h5-10,16,18,29-30,35H,3-4,11H2,1-2H3/t16-,18+,19+,20?,21-/m0/s1. The molecule has 0 saturated carbocycles. The first-order valence-corrected chi connectivity index (χ1v) is 13.4. The Bertz CT molecular complexity index is 1220. The topological polar surface area (TPSA) is 142 Å². The smallest absolute Gasteiger partial charge is 0.345 e. The predicted molar refractivity (Wildman–Crippen MR) is 137 cm³/mol. The van der Waals surface area contributed by atoms with Crippen LogP contribution in [0, 0.1) is 0 Å². The second-order valence-electron chi connectivity index (χ2n) is 7.74. The van der Waals surface area contributed by atoms with Gasteiger partial charge in [-0.25, -0.2) is 14.5 Å². The molecule has 0 aromatic carbocycles. The molecule has 4 rings (SSSR count). The van der Waals surface area contributed by atoms with Gasteiger partial charge >= 0.3 is 5.97 Å². The molecule has 3 aromatic heterocycles. The van der Waals surface area contributed by atoms with Crippen LogP contribution in [-0.4, -0.2) is 82.6 Å². The third kappa shape index (κ3) is 4.07. The van der Waals surface area contributed by atoms with Gasteiger partial charge in [-0.2, -0.15) is 0 Å². The molecule has 15 heteroatoms. The van der Waals surface area contributed by atoms with Crippen molar-refractivity contribution in [2.24, 2.45) is 0 Å². The zero-order chi connectivity index (χ0) is 26.1. The Morgan fingerprint density at radius 1 is 1.42 bits per heavy atom. The van der Waals surface area contributed by atoms with Gasteiger partial charge in [0.05, 0.1) is 19.4 Å². The molecule has 1 aliphatic rings. The van der Waals surface area contributed by atoms with Crippen molar-refractivity contribution < 1.29 is 29.2 Å². The molecule has 0 bridgehead atoms. The summed E-state index contributed by atoms with van der Waals surface area (Å²) < 4.78 is 17.0. The quantitative estimate of drug-likeness (QED) is 0.195. The number of pyridine rings is 1. The van der Waals surface area contributed by atoms with Crippen molar-refractivity contribution >= 4 is 57.5 Å². The van der Waals surface area contributed by atoms with Gasteiger partial charge in [0.25, 0.3) is 0 Å². The Morgan fingerprint density at radius 3 is 2.78 bits per heavy atom. The summed E-state index contributed by atoms with van der Waals surface area (Å²) in [5.74, 6) is -0.864. The van der Waals surface area contributed by atoms with Crippen LogP contribution in [0.1, 0.15) is 19.4 Å². The molecule has 0 amide bonds. The van der Waals surface area contributed by atoms with Crippen molar-refractivity contribution in [2.75, 3.05) is 19.8 Å². The van der Waals surface area contributed by atoms with Crippen LogP contribution in [0.3, 0.4) is 0 Å². The maximum atomic E-state index is 13.8. The van der Waals surface area contributed by atoms with E-state index >= 15 is 0 Å². The van der Waals surface area contributed by atoms with Gasteiger partial charge in [0.2, 0.25) is 5.60 Å². The highest BCUT2D eigenvalue weighted by Gasteiger charge is 2.76. The molecule has 5 atom stereocenters. The average Bonchev–Trinajstić information content (AvgIpc) is 3.53. The van der Waals surface area contributed by atoms with Crippen molar-refractivity contribution in [3.05, 3.63) is 46.8 Å². The fourth-order valence-electron chi connectivity index (χ4n) is 4.42. The maximum Gasteiger partial charge on any atom is 0.345 e. The van der Waals surface area contributed by atoms with E-state index in [1.165, 1.54) is 34.6 Å². The number of halogens is 2. The van der Waals surface area contributed by atoms with E-state index in [2.05, 4.69) is 48.8 Å². The van der Waals surface area contributed by atoms with Crippen LogP contribution in [0.4, 0.5) is 0 Å². The number of rotatable bonds is 8. The van der Waals surface area contributed by atoms with E-state index in [4.69, 9.17) is 25.8 Å². The van der Waals surface area contributed by atoms with E-state index in [9.17, 15) is 15.0 Å². The molecular weight excluding hydrogens is 598 g/mol. The summed E-state index contributed by atoms with van der Waals surface area (Å²) in [4.78, 5) is 22.3. The minimum Gasteiger partial charge on any atom is -0.464 e. The van der Waals surface area contributed by atoms with Crippen molar-refractivity contribution in [1.29, 1.82) is 0 Å². The Balaban J connectivity index is 2.11. The van der Waals surface area contributed by atoms with Crippen LogP contribution in [0.15, 0.2) is 36.1 Å². The number of nitrogens with zero attached hydrogens (tertiary/aromatic N) is 5.